The van der Waals surface area contributed by atoms with E-state index in [9.17, 15) is 0 Å². The first-order valence-electron chi connectivity index (χ1n) is 21.9. The van der Waals surface area contributed by atoms with Gasteiger partial charge in [-0.05, 0) is 102 Å². The lowest BCUT2D eigenvalue weighted by Crippen LogP contribution is -2.12. The standard InChI is InChI=1S/C62H41NS/c1-3-20-48-44(16-1)18-13-27-49(48)46-36-34-42(35-37-46)43-38-40-47(41-39-43)63(59-31-11-8-25-55(59)56-29-15-33-61-62(56)57-26-9-12-32-60(57)64-61)58-30-10-7-24-54(58)53-23-6-5-22-52(53)51-28-14-19-45-17-2-4-21-50(45)51/h1-41H. The number of hydrogen-bond donors (Lipinski definition) is 0. The van der Waals surface area contributed by atoms with E-state index >= 15 is 0 Å². The van der Waals surface area contributed by atoms with Crippen molar-refractivity contribution in [1.82, 2.24) is 0 Å². The summed E-state index contributed by atoms with van der Waals surface area (Å²) in [4.78, 5) is 2.48. The predicted molar refractivity (Wildman–Crippen MR) is 276 cm³/mol. The molecule has 0 amide bonds. The molecule has 0 spiro atoms. The maximum Gasteiger partial charge on any atom is 0.0540 e. The lowest BCUT2D eigenvalue weighted by molar-refractivity contribution is 1.28. The molecule has 64 heavy (non-hydrogen) atoms. The molecule has 2 heteroatoms. The largest absolute Gasteiger partial charge is 0.309 e. The van der Waals surface area contributed by atoms with Crippen LogP contribution in [0.4, 0.5) is 17.1 Å². The number of thiophene rings is 1. The number of hydrogen-bond acceptors (Lipinski definition) is 2. The zero-order valence-electron chi connectivity index (χ0n) is 35.0. The Hall–Kier alpha value is -8.04. The topological polar surface area (TPSA) is 3.24 Å². The van der Waals surface area contributed by atoms with Crippen molar-refractivity contribution in [1.29, 1.82) is 0 Å². The molecule has 1 heterocycles. The molecule has 0 saturated carbocycles. The zero-order chi connectivity index (χ0) is 42.4. The van der Waals surface area contributed by atoms with Gasteiger partial charge in [-0.2, -0.15) is 0 Å². The van der Waals surface area contributed by atoms with Gasteiger partial charge in [0.15, 0.2) is 0 Å². The van der Waals surface area contributed by atoms with Crippen molar-refractivity contribution in [2.45, 2.75) is 0 Å². The highest BCUT2D eigenvalue weighted by Crippen LogP contribution is 2.49. The average Bonchev–Trinajstić information content (AvgIpc) is 3.76. The SMILES string of the molecule is c1ccc(-c2cccc3ccccc23)c(-c2ccccc2N(c2ccc(-c3ccc(-c4cccc5ccccc45)cc3)cc2)c2ccccc2-c2cccc3sc4ccccc4c23)c1. The van der Waals surface area contributed by atoms with Crippen LogP contribution < -0.4 is 4.90 Å². The van der Waals surface area contributed by atoms with Crippen molar-refractivity contribution in [3.8, 4) is 55.6 Å². The van der Waals surface area contributed by atoms with Gasteiger partial charge in [0.1, 0.15) is 0 Å². The Bertz CT molecular complexity index is 3660. The second-order valence-electron chi connectivity index (χ2n) is 16.4. The van der Waals surface area contributed by atoms with Gasteiger partial charge < -0.3 is 4.90 Å². The molecule has 300 valence electrons. The van der Waals surface area contributed by atoms with E-state index in [0.29, 0.717) is 0 Å². The van der Waals surface area contributed by atoms with Gasteiger partial charge in [-0.25, -0.2) is 0 Å². The third-order valence-corrected chi connectivity index (χ3v) is 13.9. The van der Waals surface area contributed by atoms with E-state index in [4.69, 9.17) is 0 Å². The van der Waals surface area contributed by atoms with Crippen molar-refractivity contribution < 1.29 is 0 Å². The van der Waals surface area contributed by atoms with Crippen LogP contribution in [0.3, 0.4) is 0 Å². The van der Waals surface area contributed by atoms with Crippen LogP contribution in [-0.2, 0) is 0 Å². The molecule has 1 aromatic heterocycles. The Morgan fingerprint density at radius 2 is 0.656 bits per heavy atom. The maximum absolute atomic E-state index is 2.48. The fraction of sp³-hybridized carbons (Fsp3) is 0. The highest BCUT2D eigenvalue weighted by Gasteiger charge is 2.23. The van der Waals surface area contributed by atoms with Gasteiger partial charge >= 0.3 is 0 Å². The van der Waals surface area contributed by atoms with Crippen LogP contribution in [0.5, 0.6) is 0 Å². The molecule has 12 aromatic rings. The van der Waals surface area contributed by atoms with E-state index in [1.807, 2.05) is 11.3 Å². The lowest BCUT2D eigenvalue weighted by Gasteiger charge is -2.30. The fourth-order valence-corrected chi connectivity index (χ4v) is 10.9. The minimum absolute atomic E-state index is 1.08. The van der Waals surface area contributed by atoms with Crippen LogP contribution in [-0.4, -0.2) is 0 Å². The molecule has 0 aliphatic rings. The Morgan fingerprint density at radius 1 is 0.250 bits per heavy atom. The minimum Gasteiger partial charge on any atom is -0.309 e. The van der Waals surface area contributed by atoms with Gasteiger partial charge in [0.05, 0.1) is 11.4 Å². The molecule has 11 aromatic carbocycles. The van der Waals surface area contributed by atoms with E-state index in [0.717, 1.165) is 22.6 Å². The summed E-state index contributed by atoms with van der Waals surface area (Å²) in [6.45, 7) is 0. The molecule has 0 N–H and O–H groups in total. The predicted octanol–water partition coefficient (Wildman–Crippen LogP) is 18.2. The third-order valence-electron chi connectivity index (χ3n) is 12.7. The summed E-state index contributed by atoms with van der Waals surface area (Å²) in [7, 11) is 0. The van der Waals surface area contributed by atoms with E-state index < -0.39 is 0 Å². The van der Waals surface area contributed by atoms with Crippen molar-refractivity contribution in [2.24, 2.45) is 0 Å². The van der Waals surface area contributed by atoms with Gasteiger partial charge in [0.25, 0.3) is 0 Å². The van der Waals surface area contributed by atoms with Crippen molar-refractivity contribution in [3.63, 3.8) is 0 Å². The molecule has 0 atom stereocenters. The first-order valence-corrected chi connectivity index (χ1v) is 22.7. The number of rotatable bonds is 8. The summed E-state index contributed by atoms with van der Waals surface area (Å²) in [6.07, 6.45) is 0. The van der Waals surface area contributed by atoms with E-state index in [1.165, 1.54) is 91.8 Å². The number of fused-ring (bicyclic) bond motifs is 5. The molecule has 0 bridgehead atoms. The average molecular weight is 832 g/mol. The van der Waals surface area contributed by atoms with Gasteiger partial charge in [0.2, 0.25) is 0 Å². The van der Waals surface area contributed by atoms with Gasteiger partial charge in [0, 0.05) is 37.0 Å². The normalized spacial score (nSPS) is 11.4. The summed E-state index contributed by atoms with van der Waals surface area (Å²) in [5, 5.41) is 7.59. The van der Waals surface area contributed by atoms with Crippen LogP contribution in [0, 0.1) is 0 Å². The summed E-state index contributed by atoms with van der Waals surface area (Å²) in [5.74, 6) is 0. The zero-order valence-corrected chi connectivity index (χ0v) is 35.8. The molecule has 0 fully saturated rings. The van der Waals surface area contributed by atoms with Crippen LogP contribution in [0.25, 0.3) is 97.4 Å². The molecular formula is C62H41NS. The summed E-state index contributed by atoms with van der Waals surface area (Å²) in [6, 6.07) is 91.0. The Labute approximate surface area is 377 Å². The molecular weight excluding hydrogens is 791 g/mol. The molecule has 12 rings (SSSR count). The number of para-hydroxylation sites is 2. The fourth-order valence-electron chi connectivity index (χ4n) is 9.74. The highest BCUT2D eigenvalue weighted by atomic mass is 32.1. The summed E-state index contributed by atoms with van der Waals surface area (Å²) >= 11 is 1.86. The van der Waals surface area contributed by atoms with E-state index in [2.05, 4.69) is 254 Å². The van der Waals surface area contributed by atoms with Crippen molar-refractivity contribution in [3.05, 3.63) is 249 Å². The third kappa shape index (κ3) is 6.55. The van der Waals surface area contributed by atoms with Crippen molar-refractivity contribution >= 4 is 70.1 Å². The molecule has 0 aliphatic carbocycles. The quantitative estimate of drug-likeness (QED) is 0.147. The van der Waals surface area contributed by atoms with E-state index in [1.54, 1.807) is 0 Å². The smallest absolute Gasteiger partial charge is 0.0540 e. The second kappa shape index (κ2) is 16.0. The first kappa shape index (κ1) is 37.7. The molecule has 0 saturated heterocycles. The van der Waals surface area contributed by atoms with E-state index in [-0.39, 0.29) is 0 Å². The van der Waals surface area contributed by atoms with Crippen LogP contribution >= 0.6 is 11.3 Å². The number of benzene rings is 11. The second-order valence-corrected chi connectivity index (χ2v) is 17.5. The Morgan fingerprint density at radius 3 is 1.33 bits per heavy atom. The first-order chi connectivity index (χ1) is 31.8. The molecule has 0 aliphatic heterocycles. The van der Waals surface area contributed by atoms with Crippen LogP contribution in [0.2, 0.25) is 0 Å². The van der Waals surface area contributed by atoms with Gasteiger partial charge in [-0.15, -0.1) is 11.3 Å². The van der Waals surface area contributed by atoms with Crippen molar-refractivity contribution in [2.75, 3.05) is 4.90 Å². The monoisotopic (exact) mass is 831 g/mol. The van der Waals surface area contributed by atoms with Crippen LogP contribution in [0.1, 0.15) is 0 Å². The Balaban J connectivity index is 1.03. The molecule has 0 unspecified atom stereocenters. The molecule has 1 nitrogen and oxygen atoms in total. The summed E-state index contributed by atoms with van der Waals surface area (Å²) in [5.41, 5.74) is 15.3. The minimum atomic E-state index is 1.08. The van der Waals surface area contributed by atoms with Gasteiger partial charge in [-0.1, -0.05) is 212 Å². The molecule has 0 radical (unpaired) electrons. The maximum atomic E-state index is 2.48. The lowest BCUT2D eigenvalue weighted by atomic mass is 9.90. The van der Waals surface area contributed by atoms with Crippen LogP contribution in [0.15, 0.2) is 249 Å². The number of nitrogens with zero attached hydrogens (tertiary/aromatic N) is 1. The highest BCUT2D eigenvalue weighted by molar-refractivity contribution is 7.25. The number of anilines is 3. The van der Waals surface area contributed by atoms with Gasteiger partial charge in [-0.3, -0.25) is 0 Å². The summed E-state index contributed by atoms with van der Waals surface area (Å²) < 4.78 is 2.59. The Kier molecular flexibility index (Phi) is 9.43.